The summed E-state index contributed by atoms with van der Waals surface area (Å²) in [5, 5.41) is 9.00. The van der Waals surface area contributed by atoms with E-state index in [1.54, 1.807) is 12.1 Å². The molecule has 0 bridgehead atoms. The van der Waals surface area contributed by atoms with Crippen molar-refractivity contribution < 1.29 is 14.3 Å². The van der Waals surface area contributed by atoms with E-state index in [4.69, 9.17) is 14.7 Å². The molecule has 0 saturated carbocycles. The van der Waals surface area contributed by atoms with Gasteiger partial charge >= 0.3 is 5.97 Å². The van der Waals surface area contributed by atoms with E-state index >= 15 is 0 Å². The lowest BCUT2D eigenvalue weighted by Gasteiger charge is -2.19. The van der Waals surface area contributed by atoms with Gasteiger partial charge in [-0.1, -0.05) is 6.07 Å². The normalized spacial score (nSPS) is 10.8. The van der Waals surface area contributed by atoms with Crippen LogP contribution in [0.3, 0.4) is 0 Å². The fraction of sp³-hybridized carbons (Fsp3) is 0.467. The van der Waals surface area contributed by atoms with Crippen LogP contribution < -0.4 is 4.74 Å². The van der Waals surface area contributed by atoms with Gasteiger partial charge in [0.15, 0.2) is 0 Å². The molecular formula is C15H19NO3S. The molecule has 4 nitrogen and oxygen atoms in total. The van der Waals surface area contributed by atoms with Crippen LogP contribution in [0.5, 0.6) is 5.75 Å². The van der Waals surface area contributed by atoms with Crippen LogP contribution in [0.25, 0.3) is 0 Å². The number of nitrogens with zero attached hydrogens (tertiary/aromatic N) is 1. The molecule has 0 aromatic heterocycles. The molecule has 0 N–H and O–H groups in total. The standard InChI is InChI=1S/C15H19NO3S/c1-15(2,3)19-14(17)10-20-9-11-5-6-13(18-4)12(7-11)8-16/h5-7H,9-10H2,1-4H3. The number of methoxy groups -OCH3 is 1. The maximum atomic E-state index is 11.6. The molecule has 0 atom stereocenters. The SMILES string of the molecule is COc1ccc(CSCC(=O)OC(C)(C)C)cc1C#N. The van der Waals surface area contributed by atoms with Crippen molar-refractivity contribution in [3.05, 3.63) is 29.3 Å². The molecule has 5 heteroatoms. The highest BCUT2D eigenvalue weighted by Gasteiger charge is 2.16. The number of carbonyl (C=O) groups excluding carboxylic acids is 1. The molecule has 20 heavy (non-hydrogen) atoms. The van der Waals surface area contributed by atoms with Gasteiger partial charge in [0.05, 0.1) is 18.4 Å². The lowest BCUT2D eigenvalue weighted by atomic mass is 10.1. The van der Waals surface area contributed by atoms with Crippen LogP contribution in [0.15, 0.2) is 18.2 Å². The molecule has 0 saturated heterocycles. The van der Waals surface area contributed by atoms with Gasteiger partial charge in [-0.2, -0.15) is 5.26 Å². The zero-order valence-electron chi connectivity index (χ0n) is 12.2. The molecule has 0 aliphatic rings. The molecule has 0 unspecified atom stereocenters. The minimum absolute atomic E-state index is 0.225. The van der Waals surface area contributed by atoms with Crippen LogP contribution in [0.1, 0.15) is 31.9 Å². The quantitative estimate of drug-likeness (QED) is 0.781. The molecule has 0 fully saturated rings. The molecule has 1 aromatic rings. The lowest BCUT2D eigenvalue weighted by molar-refractivity contribution is -0.151. The van der Waals surface area contributed by atoms with Gasteiger partial charge in [-0.05, 0) is 38.5 Å². The first-order valence-corrected chi connectivity index (χ1v) is 7.38. The van der Waals surface area contributed by atoms with Crippen molar-refractivity contribution >= 4 is 17.7 Å². The summed E-state index contributed by atoms with van der Waals surface area (Å²) in [6.07, 6.45) is 0. The number of carbonyl (C=O) groups is 1. The number of hydrogen-bond acceptors (Lipinski definition) is 5. The predicted molar refractivity (Wildman–Crippen MR) is 79.7 cm³/mol. The van der Waals surface area contributed by atoms with Gasteiger partial charge in [-0.15, -0.1) is 11.8 Å². The first kappa shape index (κ1) is 16.4. The third-order valence-corrected chi connectivity index (χ3v) is 3.27. The average Bonchev–Trinajstić information content (AvgIpc) is 2.36. The Morgan fingerprint density at radius 1 is 1.40 bits per heavy atom. The Bertz CT molecular complexity index is 515. The minimum atomic E-state index is -0.453. The Balaban J connectivity index is 2.51. The summed E-state index contributed by atoms with van der Waals surface area (Å²) in [6, 6.07) is 7.53. The molecule has 0 heterocycles. The average molecular weight is 293 g/mol. The summed E-state index contributed by atoms with van der Waals surface area (Å²) >= 11 is 1.46. The fourth-order valence-electron chi connectivity index (χ4n) is 1.56. The van der Waals surface area contributed by atoms with E-state index in [0.29, 0.717) is 22.8 Å². The van der Waals surface area contributed by atoms with Crippen LogP contribution >= 0.6 is 11.8 Å². The van der Waals surface area contributed by atoms with Crippen molar-refractivity contribution in [3.63, 3.8) is 0 Å². The topological polar surface area (TPSA) is 59.3 Å². The van der Waals surface area contributed by atoms with Gasteiger partial charge in [-0.25, -0.2) is 0 Å². The summed E-state index contributed by atoms with van der Waals surface area (Å²) in [5.41, 5.74) is 1.03. The highest BCUT2D eigenvalue weighted by atomic mass is 32.2. The van der Waals surface area contributed by atoms with Crippen molar-refractivity contribution in [3.8, 4) is 11.8 Å². The summed E-state index contributed by atoms with van der Waals surface area (Å²) < 4.78 is 10.3. The maximum absolute atomic E-state index is 11.6. The highest BCUT2D eigenvalue weighted by Crippen LogP contribution is 2.22. The lowest BCUT2D eigenvalue weighted by Crippen LogP contribution is -2.24. The van der Waals surface area contributed by atoms with Crippen molar-refractivity contribution in [2.75, 3.05) is 12.9 Å². The summed E-state index contributed by atoms with van der Waals surface area (Å²) in [5.74, 6) is 1.29. The summed E-state index contributed by atoms with van der Waals surface area (Å²) in [6.45, 7) is 5.54. The van der Waals surface area contributed by atoms with Crippen molar-refractivity contribution in [1.29, 1.82) is 5.26 Å². The van der Waals surface area contributed by atoms with Crippen LogP contribution in [0.4, 0.5) is 0 Å². The monoisotopic (exact) mass is 293 g/mol. The van der Waals surface area contributed by atoms with Crippen molar-refractivity contribution in [2.24, 2.45) is 0 Å². The summed E-state index contributed by atoms with van der Waals surface area (Å²) in [7, 11) is 1.53. The second kappa shape index (κ2) is 7.20. The largest absolute Gasteiger partial charge is 0.495 e. The zero-order valence-corrected chi connectivity index (χ0v) is 13.0. The van der Waals surface area contributed by atoms with E-state index in [-0.39, 0.29) is 5.97 Å². The fourth-order valence-corrected chi connectivity index (χ4v) is 2.30. The molecule has 0 spiro atoms. The number of ether oxygens (including phenoxy) is 2. The van der Waals surface area contributed by atoms with Crippen LogP contribution in [0.2, 0.25) is 0 Å². The third kappa shape index (κ3) is 5.54. The van der Waals surface area contributed by atoms with Gasteiger partial charge in [-0.3, -0.25) is 4.79 Å². The number of benzene rings is 1. The van der Waals surface area contributed by atoms with Crippen LogP contribution in [-0.2, 0) is 15.3 Å². The second-order valence-electron chi connectivity index (χ2n) is 5.23. The molecule has 108 valence electrons. The van der Waals surface area contributed by atoms with Crippen LogP contribution in [0, 0.1) is 11.3 Å². The number of hydrogen-bond donors (Lipinski definition) is 0. The number of rotatable bonds is 5. The Labute approximate surface area is 124 Å². The molecule has 0 aliphatic heterocycles. The van der Waals surface area contributed by atoms with Crippen molar-refractivity contribution in [2.45, 2.75) is 32.1 Å². The Morgan fingerprint density at radius 2 is 2.10 bits per heavy atom. The van der Waals surface area contributed by atoms with E-state index < -0.39 is 5.60 Å². The minimum Gasteiger partial charge on any atom is -0.495 e. The first-order chi connectivity index (χ1) is 9.35. The van der Waals surface area contributed by atoms with Gasteiger partial charge in [0.2, 0.25) is 0 Å². The van der Waals surface area contributed by atoms with Crippen LogP contribution in [-0.4, -0.2) is 24.4 Å². The molecule has 1 rings (SSSR count). The third-order valence-electron chi connectivity index (χ3n) is 2.29. The molecule has 0 radical (unpaired) electrons. The van der Waals surface area contributed by atoms with Gasteiger partial charge in [0.25, 0.3) is 0 Å². The highest BCUT2D eigenvalue weighted by molar-refractivity contribution is 7.99. The zero-order chi connectivity index (χ0) is 15.2. The molecule has 0 amide bonds. The second-order valence-corrected chi connectivity index (χ2v) is 6.21. The smallest absolute Gasteiger partial charge is 0.316 e. The predicted octanol–water partition coefficient (Wildman–Crippen LogP) is 3.14. The van der Waals surface area contributed by atoms with E-state index in [2.05, 4.69) is 6.07 Å². The maximum Gasteiger partial charge on any atom is 0.316 e. The Morgan fingerprint density at radius 3 is 2.65 bits per heavy atom. The summed E-state index contributed by atoms with van der Waals surface area (Å²) in [4.78, 5) is 11.6. The van der Waals surface area contributed by atoms with E-state index in [1.165, 1.54) is 18.9 Å². The van der Waals surface area contributed by atoms with E-state index in [0.717, 1.165) is 5.56 Å². The molecular weight excluding hydrogens is 274 g/mol. The molecule has 1 aromatic carbocycles. The first-order valence-electron chi connectivity index (χ1n) is 6.22. The number of esters is 1. The van der Waals surface area contributed by atoms with E-state index in [1.807, 2.05) is 26.8 Å². The molecule has 0 aliphatic carbocycles. The number of nitriles is 1. The Kier molecular flexibility index (Phi) is 5.90. The van der Waals surface area contributed by atoms with E-state index in [9.17, 15) is 4.79 Å². The van der Waals surface area contributed by atoms with Gasteiger partial charge < -0.3 is 9.47 Å². The van der Waals surface area contributed by atoms with Gasteiger partial charge in [0.1, 0.15) is 17.4 Å². The number of thioether (sulfide) groups is 1. The van der Waals surface area contributed by atoms with Crippen molar-refractivity contribution in [1.82, 2.24) is 0 Å². The van der Waals surface area contributed by atoms with Gasteiger partial charge in [0, 0.05) is 5.75 Å². The Hall–Kier alpha value is -1.67.